The fourth-order valence-electron chi connectivity index (χ4n) is 4.98. The molecular weight excluding hydrogens is 772 g/mol. The Labute approximate surface area is 305 Å². The molecular formula is C38H61N6O3W-. The molecule has 0 aromatic heterocycles. The van der Waals surface area contributed by atoms with Gasteiger partial charge in [-0.3, -0.25) is 14.4 Å². The molecule has 1 saturated heterocycles. The number of piperazine rings is 1. The van der Waals surface area contributed by atoms with E-state index in [-0.39, 0.29) is 32.9 Å². The first-order valence-corrected chi connectivity index (χ1v) is 17.4. The number of unbranched alkanes of at least 4 members (excludes halogenated alkanes) is 2. The molecule has 48 heavy (non-hydrogen) atoms. The van der Waals surface area contributed by atoms with E-state index in [1.165, 1.54) is 23.1 Å². The summed E-state index contributed by atoms with van der Waals surface area (Å²) in [5.74, 6) is 0.334. The molecule has 3 rings (SSSR count). The summed E-state index contributed by atoms with van der Waals surface area (Å²) in [6.45, 7) is 18.9. The van der Waals surface area contributed by atoms with Crippen molar-refractivity contribution in [3.8, 4) is 0 Å². The number of rotatable bonds is 18. The Morgan fingerprint density at radius 1 is 0.854 bits per heavy atom. The maximum Gasteiger partial charge on any atom is 0.222 e. The number of nitrogens with two attached hydrogens (primary N) is 1. The van der Waals surface area contributed by atoms with Crippen LogP contribution in [0.5, 0.6) is 0 Å². The van der Waals surface area contributed by atoms with Crippen LogP contribution in [-0.2, 0) is 48.4 Å². The zero-order valence-corrected chi connectivity index (χ0v) is 32.9. The van der Waals surface area contributed by atoms with Crippen LogP contribution in [0.25, 0.3) is 11.0 Å². The van der Waals surface area contributed by atoms with E-state index in [4.69, 9.17) is 5.73 Å². The molecule has 3 amide bonds. The second-order valence-corrected chi connectivity index (χ2v) is 11.7. The molecule has 9 nitrogen and oxygen atoms in total. The number of hydrogen-bond acceptors (Lipinski definition) is 5. The van der Waals surface area contributed by atoms with E-state index in [1.54, 1.807) is 0 Å². The minimum atomic E-state index is 0. The Balaban J connectivity index is 0.00000106. The molecule has 0 spiro atoms. The summed E-state index contributed by atoms with van der Waals surface area (Å²) >= 11 is 0. The smallest absolute Gasteiger partial charge is 0.222 e. The topological polar surface area (TPSA) is 122 Å². The van der Waals surface area contributed by atoms with Gasteiger partial charge in [0.25, 0.3) is 0 Å². The first kappa shape index (κ1) is 45.0. The molecule has 4 N–H and O–H groups in total. The zero-order chi connectivity index (χ0) is 34.7. The van der Waals surface area contributed by atoms with Crippen molar-refractivity contribution in [2.24, 2.45) is 5.73 Å². The van der Waals surface area contributed by atoms with Crippen LogP contribution >= 0.6 is 0 Å². The van der Waals surface area contributed by atoms with Gasteiger partial charge < -0.3 is 31.5 Å². The minimum absolute atomic E-state index is 0. The van der Waals surface area contributed by atoms with Crippen LogP contribution in [0.15, 0.2) is 55.1 Å². The predicted octanol–water partition coefficient (Wildman–Crippen LogP) is 5.81. The van der Waals surface area contributed by atoms with Gasteiger partial charge in [0.1, 0.15) is 0 Å². The van der Waals surface area contributed by atoms with Crippen molar-refractivity contribution in [2.45, 2.75) is 85.6 Å². The van der Waals surface area contributed by atoms with Crippen LogP contribution in [0, 0.1) is 6.92 Å². The molecule has 0 saturated carbocycles. The van der Waals surface area contributed by atoms with Gasteiger partial charge in [0.2, 0.25) is 18.2 Å². The average molecular weight is 834 g/mol. The van der Waals surface area contributed by atoms with Crippen LogP contribution in [0.2, 0.25) is 0 Å². The van der Waals surface area contributed by atoms with Gasteiger partial charge in [0.05, 0.1) is 0 Å². The maximum atomic E-state index is 12.5. The third kappa shape index (κ3) is 20.4. The molecule has 0 aliphatic carbocycles. The van der Waals surface area contributed by atoms with Gasteiger partial charge in [0.15, 0.2) is 0 Å². The summed E-state index contributed by atoms with van der Waals surface area (Å²) in [5, 5.41) is 10.4. The Morgan fingerprint density at radius 2 is 1.44 bits per heavy atom. The molecule has 1 heterocycles. The molecule has 1 aliphatic heterocycles. The van der Waals surface area contributed by atoms with Gasteiger partial charge in [-0.25, -0.2) is 0 Å². The summed E-state index contributed by atoms with van der Waals surface area (Å²) in [4.78, 5) is 38.7. The number of nitrogens with zero attached hydrogens (tertiary/aromatic N) is 3. The summed E-state index contributed by atoms with van der Waals surface area (Å²) < 4.78 is 0. The Bertz CT molecular complexity index is 1150. The number of benzene rings is 2. The summed E-state index contributed by atoms with van der Waals surface area (Å²) in [6.07, 6.45) is 7.44. The maximum absolute atomic E-state index is 12.5. The predicted molar refractivity (Wildman–Crippen MR) is 196 cm³/mol. The zero-order valence-electron chi connectivity index (χ0n) is 30.0. The minimum Gasteiger partial charge on any atom is -0.658 e. The van der Waals surface area contributed by atoms with E-state index in [0.29, 0.717) is 70.8 Å². The number of nitrogens with one attached hydrogen (secondary N) is 2. The molecule has 268 valence electrons. The molecule has 1 aliphatic rings. The van der Waals surface area contributed by atoms with Crippen molar-refractivity contribution in [3.63, 3.8) is 0 Å². The van der Waals surface area contributed by atoms with Crippen molar-refractivity contribution in [1.29, 1.82) is 0 Å². The quantitative estimate of drug-likeness (QED) is 0.130. The van der Waals surface area contributed by atoms with Gasteiger partial charge in [-0.1, -0.05) is 99.8 Å². The van der Waals surface area contributed by atoms with Crippen LogP contribution in [0.1, 0.15) is 88.0 Å². The SMILES string of the molecule is C=C(N)c1ccc(C)cc1.CCCNCC.CCc1ccccc1C[N-]CCCC(=O)N1CCN(C(=O)CCCCCNC=O)CC1.[W]. The van der Waals surface area contributed by atoms with Crippen molar-refractivity contribution >= 4 is 23.9 Å². The van der Waals surface area contributed by atoms with Crippen molar-refractivity contribution in [1.82, 2.24) is 20.4 Å². The van der Waals surface area contributed by atoms with Crippen molar-refractivity contribution in [3.05, 3.63) is 82.7 Å². The van der Waals surface area contributed by atoms with E-state index in [9.17, 15) is 14.4 Å². The third-order valence-corrected chi connectivity index (χ3v) is 7.87. The average Bonchev–Trinajstić information content (AvgIpc) is 3.09. The van der Waals surface area contributed by atoms with E-state index >= 15 is 0 Å². The van der Waals surface area contributed by atoms with E-state index in [1.807, 2.05) is 47.1 Å². The largest absolute Gasteiger partial charge is 0.658 e. The van der Waals surface area contributed by atoms with Gasteiger partial charge in [0, 0.05) is 72.3 Å². The number of aryl methyl sites for hydroxylation is 2. The molecule has 0 unspecified atom stereocenters. The van der Waals surface area contributed by atoms with Gasteiger partial charge in [-0.05, 0) is 56.8 Å². The summed E-state index contributed by atoms with van der Waals surface area (Å²) in [5.41, 5.74) is 11.0. The molecule has 2 aromatic rings. The molecule has 10 heteroatoms. The first-order valence-electron chi connectivity index (χ1n) is 17.4. The Morgan fingerprint density at radius 3 is 1.94 bits per heavy atom. The molecule has 0 atom stereocenters. The first-order chi connectivity index (χ1) is 22.8. The summed E-state index contributed by atoms with van der Waals surface area (Å²) in [6, 6.07) is 16.4. The Hall–Kier alpha value is -3.00. The van der Waals surface area contributed by atoms with Crippen molar-refractivity contribution < 1.29 is 35.4 Å². The normalized spacial score (nSPS) is 12.0. The van der Waals surface area contributed by atoms with Crippen LogP contribution in [-0.4, -0.2) is 80.4 Å². The second kappa shape index (κ2) is 29.0. The van der Waals surface area contributed by atoms with Crippen LogP contribution in [0.3, 0.4) is 0 Å². The molecule has 0 radical (unpaired) electrons. The van der Waals surface area contributed by atoms with Gasteiger partial charge in [-0.2, -0.15) is 0 Å². The van der Waals surface area contributed by atoms with Gasteiger partial charge in [-0.15, -0.1) is 13.1 Å². The number of carbonyl (C=O) groups is 3. The number of amides is 3. The third-order valence-electron chi connectivity index (χ3n) is 7.87. The number of carbonyl (C=O) groups excluding carboxylic acids is 3. The molecule has 1 fully saturated rings. The van der Waals surface area contributed by atoms with E-state index in [2.05, 4.69) is 61.5 Å². The van der Waals surface area contributed by atoms with Crippen molar-refractivity contribution in [2.75, 3.05) is 52.4 Å². The monoisotopic (exact) mass is 833 g/mol. The van der Waals surface area contributed by atoms with Crippen LogP contribution < -0.4 is 16.4 Å². The van der Waals surface area contributed by atoms with Gasteiger partial charge >= 0.3 is 0 Å². The van der Waals surface area contributed by atoms with E-state index < -0.39 is 0 Å². The summed E-state index contributed by atoms with van der Waals surface area (Å²) in [7, 11) is 0. The molecule has 2 aromatic carbocycles. The van der Waals surface area contributed by atoms with Crippen LogP contribution in [0.4, 0.5) is 0 Å². The molecule has 0 bridgehead atoms. The fourth-order valence-corrected chi connectivity index (χ4v) is 4.98. The fraction of sp³-hybridized carbons (Fsp3) is 0.553. The number of hydrogen-bond donors (Lipinski definition) is 3. The standard InChI is InChI=1S/C24H37N4O3.C9H11N.C5H13N.W/c1-2-21-9-5-6-10-22(21)19-25-14-8-12-24(31)28-17-15-27(16-18-28)23(30)11-4-3-7-13-26-20-29;1-7-3-5-9(6-4-7)8(2)10;1-3-5-6-4-2;/h5-6,9-10,20H,2-4,7-8,11-19H2,1H3,(H,26,29);3-6H,2,10H2,1H3;6H,3-5H2,1-2H3;/q-1;;;. The Kier molecular flexibility index (Phi) is 27.1. The van der Waals surface area contributed by atoms with E-state index in [0.717, 1.165) is 50.8 Å². The second-order valence-electron chi connectivity index (χ2n) is 11.7.